The van der Waals surface area contributed by atoms with Crippen molar-refractivity contribution in [1.82, 2.24) is 10.2 Å². The Kier molecular flexibility index (Phi) is 7.42. The van der Waals surface area contributed by atoms with Crippen LogP contribution in [-0.4, -0.2) is 36.3 Å². The average Bonchev–Trinajstić information content (AvgIpc) is 2.73. The van der Waals surface area contributed by atoms with Crippen LogP contribution in [0.4, 0.5) is 5.69 Å². The highest BCUT2D eigenvalue weighted by Crippen LogP contribution is 2.20. The molecule has 154 valence electrons. The second-order valence-corrected chi connectivity index (χ2v) is 8.08. The van der Waals surface area contributed by atoms with E-state index in [-0.39, 0.29) is 17.7 Å². The molecule has 2 aromatic rings. The van der Waals surface area contributed by atoms with Gasteiger partial charge in [0.25, 0.3) is 0 Å². The van der Waals surface area contributed by atoms with Crippen LogP contribution in [0, 0.1) is 5.92 Å². The Labute approximate surface area is 173 Å². The third-order valence-electron chi connectivity index (χ3n) is 5.47. The minimum Gasteiger partial charge on any atom is -0.352 e. The van der Waals surface area contributed by atoms with E-state index in [1.807, 2.05) is 48.5 Å². The lowest BCUT2D eigenvalue weighted by molar-refractivity contribution is -0.126. The molecule has 2 amide bonds. The fourth-order valence-electron chi connectivity index (χ4n) is 3.66. The lowest BCUT2D eigenvalue weighted by Gasteiger charge is -2.30. The van der Waals surface area contributed by atoms with Gasteiger partial charge in [0.05, 0.1) is 6.54 Å². The van der Waals surface area contributed by atoms with E-state index in [0.717, 1.165) is 37.2 Å². The van der Waals surface area contributed by atoms with Crippen molar-refractivity contribution in [2.45, 2.75) is 39.2 Å². The van der Waals surface area contributed by atoms with Gasteiger partial charge in [-0.15, -0.1) is 0 Å². The first-order valence-electron chi connectivity index (χ1n) is 10.4. The van der Waals surface area contributed by atoms with Gasteiger partial charge in [-0.05, 0) is 55.1 Å². The van der Waals surface area contributed by atoms with E-state index >= 15 is 0 Å². The van der Waals surface area contributed by atoms with Crippen LogP contribution in [0.15, 0.2) is 54.6 Å². The molecule has 29 heavy (non-hydrogen) atoms. The minimum atomic E-state index is -0.00196. The maximum atomic E-state index is 12.4. The summed E-state index contributed by atoms with van der Waals surface area (Å²) in [6.07, 6.45) is 1.58. The summed E-state index contributed by atoms with van der Waals surface area (Å²) in [6, 6.07) is 18.0. The van der Waals surface area contributed by atoms with E-state index in [0.29, 0.717) is 19.0 Å². The number of hydrogen-bond donors (Lipinski definition) is 2. The Hall–Kier alpha value is -2.66. The largest absolute Gasteiger partial charge is 0.352 e. The fourth-order valence-corrected chi connectivity index (χ4v) is 3.66. The Morgan fingerprint density at radius 2 is 1.76 bits per heavy atom. The number of anilines is 1. The molecule has 0 radical (unpaired) electrons. The highest BCUT2D eigenvalue weighted by molar-refractivity contribution is 5.92. The molecule has 1 saturated heterocycles. The quantitative estimate of drug-likeness (QED) is 0.753. The number of piperidine rings is 1. The lowest BCUT2D eigenvalue weighted by atomic mass is 9.96. The van der Waals surface area contributed by atoms with Crippen molar-refractivity contribution in [3.05, 3.63) is 65.7 Å². The maximum absolute atomic E-state index is 12.4. The second kappa shape index (κ2) is 10.2. The molecule has 2 aromatic carbocycles. The zero-order valence-electron chi connectivity index (χ0n) is 17.4. The summed E-state index contributed by atoms with van der Waals surface area (Å²) >= 11 is 0. The van der Waals surface area contributed by atoms with E-state index in [1.165, 1.54) is 5.56 Å². The van der Waals surface area contributed by atoms with Gasteiger partial charge >= 0.3 is 0 Å². The molecule has 2 N–H and O–H groups in total. The number of hydrogen-bond acceptors (Lipinski definition) is 3. The highest BCUT2D eigenvalue weighted by Gasteiger charge is 2.25. The number of carbonyl (C=O) groups is 2. The van der Waals surface area contributed by atoms with Gasteiger partial charge in [-0.1, -0.05) is 56.3 Å². The van der Waals surface area contributed by atoms with Crippen LogP contribution in [0.1, 0.15) is 43.7 Å². The lowest BCUT2D eigenvalue weighted by Crippen LogP contribution is -2.43. The third kappa shape index (κ3) is 6.43. The molecule has 0 aromatic heterocycles. The van der Waals surface area contributed by atoms with Crippen LogP contribution in [0.3, 0.4) is 0 Å². The normalized spacial score (nSPS) is 15.3. The van der Waals surface area contributed by atoms with E-state index in [4.69, 9.17) is 0 Å². The van der Waals surface area contributed by atoms with Crippen molar-refractivity contribution >= 4 is 17.5 Å². The Morgan fingerprint density at radius 1 is 1.03 bits per heavy atom. The summed E-state index contributed by atoms with van der Waals surface area (Å²) in [4.78, 5) is 27.0. The molecule has 1 heterocycles. The van der Waals surface area contributed by atoms with E-state index < -0.39 is 0 Å². The number of rotatable bonds is 7. The van der Waals surface area contributed by atoms with Gasteiger partial charge in [0.15, 0.2) is 0 Å². The van der Waals surface area contributed by atoms with Gasteiger partial charge in [-0.2, -0.15) is 0 Å². The molecule has 0 saturated carbocycles. The van der Waals surface area contributed by atoms with Crippen LogP contribution in [0.25, 0.3) is 0 Å². The summed E-state index contributed by atoms with van der Waals surface area (Å²) in [5, 5.41) is 6.03. The molecular weight excluding hydrogens is 362 g/mol. The molecule has 0 atom stereocenters. The smallest absolute Gasteiger partial charge is 0.238 e. The summed E-state index contributed by atoms with van der Waals surface area (Å²) < 4.78 is 0. The predicted octanol–water partition coefficient (Wildman–Crippen LogP) is 3.78. The van der Waals surface area contributed by atoms with Crippen molar-refractivity contribution in [3.8, 4) is 0 Å². The summed E-state index contributed by atoms with van der Waals surface area (Å²) in [5.74, 6) is 0.570. The van der Waals surface area contributed by atoms with Gasteiger partial charge < -0.3 is 10.6 Å². The number of nitrogens with zero attached hydrogens (tertiary/aromatic N) is 1. The molecule has 3 rings (SSSR count). The van der Waals surface area contributed by atoms with Crippen molar-refractivity contribution < 1.29 is 9.59 Å². The zero-order chi connectivity index (χ0) is 20.6. The highest BCUT2D eigenvalue weighted by atomic mass is 16.2. The molecule has 1 aliphatic heterocycles. The second-order valence-electron chi connectivity index (χ2n) is 8.08. The van der Waals surface area contributed by atoms with Crippen LogP contribution in [0.5, 0.6) is 0 Å². The first-order valence-corrected chi connectivity index (χ1v) is 10.4. The van der Waals surface area contributed by atoms with Crippen LogP contribution in [-0.2, 0) is 16.1 Å². The molecule has 0 bridgehead atoms. The minimum absolute atomic E-state index is 0.00196. The molecule has 1 fully saturated rings. The fraction of sp³-hybridized carbons (Fsp3) is 0.417. The van der Waals surface area contributed by atoms with Crippen LogP contribution in [0.2, 0.25) is 0 Å². The van der Waals surface area contributed by atoms with Gasteiger partial charge in [-0.3, -0.25) is 14.5 Å². The topological polar surface area (TPSA) is 61.4 Å². The van der Waals surface area contributed by atoms with Gasteiger partial charge in [-0.25, -0.2) is 0 Å². The van der Waals surface area contributed by atoms with Gasteiger partial charge in [0.1, 0.15) is 0 Å². The molecule has 0 spiro atoms. The zero-order valence-corrected chi connectivity index (χ0v) is 17.4. The van der Waals surface area contributed by atoms with E-state index in [1.54, 1.807) is 0 Å². The van der Waals surface area contributed by atoms with Crippen LogP contribution < -0.4 is 10.6 Å². The number of likely N-dealkylation sites (tertiary alicyclic amines) is 1. The first-order chi connectivity index (χ1) is 14.0. The molecule has 5 heteroatoms. The number of nitrogens with one attached hydrogen (secondary N) is 2. The Morgan fingerprint density at radius 3 is 2.45 bits per heavy atom. The third-order valence-corrected chi connectivity index (χ3v) is 5.47. The first kappa shape index (κ1) is 21.1. The molecule has 5 nitrogen and oxygen atoms in total. The molecule has 0 aliphatic carbocycles. The molecular formula is C24H31N3O2. The maximum Gasteiger partial charge on any atom is 0.238 e. The van der Waals surface area contributed by atoms with E-state index in [9.17, 15) is 9.59 Å². The van der Waals surface area contributed by atoms with Crippen molar-refractivity contribution in [3.63, 3.8) is 0 Å². The summed E-state index contributed by atoms with van der Waals surface area (Å²) in [5.41, 5.74) is 3.16. The standard InChI is InChI=1S/C24H31N3O2/c1-18(2)21-9-6-10-22(15-21)26-23(28)17-27-13-11-20(12-14-27)24(29)25-16-19-7-4-3-5-8-19/h3-10,15,18,20H,11-14,16-17H2,1-2H3,(H,25,29)(H,26,28). The van der Waals surface area contributed by atoms with E-state index in [2.05, 4.69) is 35.4 Å². The number of benzene rings is 2. The predicted molar refractivity (Wildman–Crippen MR) is 117 cm³/mol. The van der Waals surface area contributed by atoms with Gasteiger partial charge in [0.2, 0.25) is 11.8 Å². The molecule has 0 unspecified atom stereocenters. The molecule has 1 aliphatic rings. The van der Waals surface area contributed by atoms with Crippen LogP contribution >= 0.6 is 0 Å². The summed E-state index contributed by atoms with van der Waals surface area (Å²) in [7, 11) is 0. The Bertz CT molecular complexity index is 812. The van der Waals surface area contributed by atoms with Crippen molar-refractivity contribution in [1.29, 1.82) is 0 Å². The monoisotopic (exact) mass is 393 g/mol. The SMILES string of the molecule is CC(C)c1cccc(NC(=O)CN2CCC(C(=O)NCc3ccccc3)CC2)c1. The Balaban J connectivity index is 1.40. The average molecular weight is 394 g/mol. The van der Waals surface area contributed by atoms with Crippen molar-refractivity contribution in [2.24, 2.45) is 5.92 Å². The number of carbonyl (C=O) groups excluding carboxylic acids is 2. The van der Waals surface area contributed by atoms with Crippen molar-refractivity contribution in [2.75, 3.05) is 25.0 Å². The van der Waals surface area contributed by atoms with Gasteiger partial charge in [0, 0.05) is 18.2 Å². The number of amides is 2. The summed E-state index contributed by atoms with van der Waals surface area (Å²) in [6.45, 7) is 6.75.